The lowest BCUT2D eigenvalue weighted by molar-refractivity contribution is -0.117. The molecule has 1 aromatic rings. The van der Waals surface area contributed by atoms with E-state index in [-0.39, 0.29) is 11.2 Å². The van der Waals surface area contributed by atoms with Gasteiger partial charge in [0, 0.05) is 17.5 Å². The van der Waals surface area contributed by atoms with Crippen LogP contribution in [-0.4, -0.2) is 23.0 Å². The normalized spacial score (nSPS) is 16.7. The number of benzene rings is 1. The number of anilines is 1. The van der Waals surface area contributed by atoms with Gasteiger partial charge in [0.25, 0.3) is 0 Å². The Morgan fingerprint density at radius 1 is 1.32 bits per heavy atom. The van der Waals surface area contributed by atoms with Gasteiger partial charge in [0.05, 0.1) is 17.7 Å². The first kappa shape index (κ1) is 16.9. The summed E-state index contributed by atoms with van der Waals surface area (Å²) >= 11 is 1.81. The van der Waals surface area contributed by atoms with E-state index in [1.54, 1.807) is 4.90 Å². The standard InChI is InChI=1S/C18H24N2OS/c1-15(22-17-11-6-3-7-12-17)18(21)20(14-8-13-19)16-9-4-2-5-10-16/h2,4-5,9-10,15,17H,3,6-8,11-12,14H2,1H3. The van der Waals surface area contributed by atoms with E-state index in [1.807, 2.05) is 49.0 Å². The highest BCUT2D eigenvalue weighted by atomic mass is 32.2. The predicted octanol–water partition coefficient (Wildman–Crippen LogP) is 4.39. The molecular formula is C18H24N2OS. The zero-order valence-corrected chi connectivity index (χ0v) is 14.0. The molecule has 4 heteroatoms. The van der Waals surface area contributed by atoms with Crippen LogP contribution in [0.15, 0.2) is 30.3 Å². The highest BCUT2D eigenvalue weighted by Gasteiger charge is 2.25. The maximum atomic E-state index is 12.8. The lowest BCUT2D eigenvalue weighted by Crippen LogP contribution is -2.38. The zero-order chi connectivity index (χ0) is 15.8. The largest absolute Gasteiger partial charge is 0.310 e. The van der Waals surface area contributed by atoms with Crippen molar-refractivity contribution in [3.8, 4) is 6.07 Å². The van der Waals surface area contributed by atoms with Gasteiger partial charge in [0.1, 0.15) is 0 Å². The van der Waals surface area contributed by atoms with E-state index in [0.29, 0.717) is 18.2 Å². The molecule has 1 aromatic carbocycles. The van der Waals surface area contributed by atoms with Crippen molar-refractivity contribution in [2.75, 3.05) is 11.4 Å². The van der Waals surface area contributed by atoms with Crippen molar-refractivity contribution < 1.29 is 4.79 Å². The molecule has 0 aliphatic heterocycles. The van der Waals surface area contributed by atoms with Gasteiger partial charge in [-0.15, -0.1) is 11.8 Å². The van der Waals surface area contributed by atoms with Crippen molar-refractivity contribution in [1.29, 1.82) is 5.26 Å². The lowest BCUT2D eigenvalue weighted by Gasteiger charge is -2.28. The molecule has 1 saturated carbocycles. The Balaban J connectivity index is 2.02. The number of carbonyl (C=O) groups is 1. The van der Waals surface area contributed by atoms with Gasteiger partial charge in [-0.3, -0.25) is 4.79 Å². The molecule has 0 heterocycles. The van der Waals surface area contributed by atoms with Crippen LogP contribution in [0, 0.1) is 11.3 Å². The van der Waals surface area contributed by atoms with E-state index < -0.39 is 0 Å². The van der Waals surface area contributed by atoms with Crippen molar-refractivity contribution in [3.63, 3.8) is 0 Å². The minimum absolute atomic E-state index is 0.0537. The summed E-state index contributed by atoms with van der Waals surface area (Å²) in [4.78, 5) is 14.6. The zero-order valence-electron chi connectivity index (χ0n) is 13.2. The molecule has 0 N–H and O–H groups in total. The molecule has 1 atom stereocenters. The molecule has 1 aliphatic rings. The van der Waals surface area contributed by atoms with Gasteiger partial charge in [-0.1, -0.05) is 37.5 Å². The summed E-state index contributed by atoms with van der Waals surface area (Å²) in [7, 11) is 0. The van der Waals surface area contributed by atoms with Crippen LogP contribution in [0.1, 0.15) is 45.4 Å². The van der Waals surface area contributed by atoms with E-state index >= 15 is 0 Å². The van der Waals surface area contributed by atoms with Crippen LogP contribution in [0.2, 0.25) is 0 Å². The summed E-state index contributed by atoms with van der Waals surface area (Å²) in [6.45, 7) is 2.47. The third kappa shape index (κ3) is 4.78. The fourth-order valence-corrected chi connectivity index (χ4v) is 4.33. The number of carbonyl (C=O) groups excluding carboxylic acids is 1. The molecule has 0 aromatic heterocycles. The van der Waals surface area contributed by atoms with Gasteiger partial charge < -0.3 is 4.90 Å². The van der Waals surface area contributed by atoms with Crippen molar-refractivity contribution >= 4 is 23.4 Å². The number of thioether (sulfide) groups is 1. The van der Waals surface area contributed by atoms with Gasteiger partial charge in [0.15, 0.2) is 0 Å². The molecule has 1 unspecified atom stereocenters. The van der Waals surface area contributed by atoms with Gasteiger partial charge >= 0.3 is 0 Å². The second kappa shape index (κ2) is 8.85. The molecule has 0 bridgehead atoms. The average molecular weight is 316 g/mol. The Hall–Kier alpha value is -1.47. The molecule has 3 nitrogen and oxygen atoms in total. The van der Waals surface area contributed by atoms with Gasteiger partial charge in [0.2, 0.25) is 5.91 Å². The minimum Gasteiger partial charge on any atom is -0.310 e. The van der Waals surface area contributed by atoms with Crippen molar-refractivity contribution in [2.24, 2.45) is 0 Å². The molecule has 0 radical (unpaired) electrons. The third-order valence-corrected chi connectivity index (χ3v) is 5.54. The maximum Gasteiger partial charge on any atom is 0.239 e. The van der Waals surface area contributed by atoms with Crippen LogP contribution in [-0.2, 0) is 4.79 Å². The topological polar surface area (TPSA) is 44.1 Å². The SMILES string of the molecule is CC(SC1CCCCC1)C(=O)N(CCC#N)c1ccccc1. The highest BCUT2D eigenvalue weighted by Crippen LogP contribution is 2.32. The second-order valence-corrected chi connectivity index (χ2v) is 7.42. The molecule has 22 heavy (non-hydrogen) atoms. The number of hydrogen-bond donors (Lipinski definition) is 0. The third-order valence-electron chi connectivity index (χ3n) is 4.08. The predicted molar refractivity (Wildman–Crippen MR) is 93.0 cm³/mol. The summed E-state index contributed by atoms with van der Waals surface area (Å²) in [5, 5.41) is 9.41. The Morgan fingerprint density at radius 2 is 2.00 bits per heavy atom. The number of nitriles is 1. The number of amides is 1. The number of nitrogens with zero attached hydrogens (tertiary/aromatic N) is 2. The Bertz CT molecular complexity index is 506. The summed E-state index contributed by atoms with van der Waals surface area (Å²) in [6.07, 6.45) is 6.72. The molecular weight excluding hydrogens is 292 g/mol. The van der Waals surface area contributed by atoms with E-state index in [9.17, 15) is 4.79 Å². The Kier molecular flexibility index (Phi) is 6.79. The summed E-state index contributed by atoms with van der Waals surface area (Å²) in [5.41, 5.74) is 0.888. The minimum atomic E-state index is -0.0537. The Labute approximate surface area is 137 Å². The summed E-state index contributed by atoms with van der Waals surface area (Å²) < 4.78 is 0. The van der Waals surface area contributed by atoms with E-state index in [4.69, 9.17) is 5.26 Å². The molecule has 2 rings (SSSR count). The smallest absolute Gasteiger partial charge is 0.239 e. The van der Waals surface area contributed by atoms with E-state index in [1.165, 1.54) is 32.1 Å². The number of hydrogen-bond acceptors (Lipinski definition) is 3. The summed E-state index contributed by atoms with van der Waals surface area (Å²) in [6, 6.07) is 11.8. The van der Waals surface area contributed by atoms with Crippen LogP contribution >= 0.6 is 11.8 Å². The number of para-hydroxylation sites is 1. The van der Waals surface area contributed by atoms with Crippen LogP contribution in [0.5, 0.6) is 0 Å². The molecule has 0 saturated heterocycles. The molecule has 1 amide bonds. The first-order valence-electron chi connectivity index (χ1n) is 8.11. The fraction of sp³-hybridized carbons (Fsp3) is 0.556. The quantitative estimate of drug-likeness (QED) is 0.782. The molecule has 118 valence electrons. The van der Waals surface area contributed by atoms with Gasteiger partial charge in [-0.05, 0) is 31.9 Å². The van der Waals surface area contributed by atoms with Crippen molar-refractivity contribution in [2.45, 2.75) is 55.9 Å². The van der Waals surface area contributed by atoms with Crippen LogP contribution in [0.3, 0.4) is 0 Å². The molecule has 0 spiro atoms. The van der Waals surface area contributed by atoms with Gasteiger partial charge in [-0.2, -0.15) is 5.26 Å². The Morgan fingerprint density at radius 3 is 2.64 bits per heavy atom. The van der Waals surface area contributed by atoms with Crippen molar-refractivity contribution in [1.82, 2.24) is 0 Å². The first-order valence-corrected chi connectivity index (χ1v) is 9.05. The van der Waals surface area contributed by atoms with Crippen LogP contribution in [0.25, 0.3) is 0 Å². The van der Waals surface area contributed by atoms with Crippen molar-refractivity contribution in [3.05, 3.63) is 30.3 Å². The maximum absolute atomic E-state index is 12.8. The molecule has 1 fully saturated rings. The number of rotatable bonds is 6. The van der Waals surface area contributed by atoms with E-state index in [2.05, 4.69) is 6.07 Å². The van der Waals surface area contributed by atoms with E-state index in [0.717, 1.165) is 5.69 Å². The van der Waals surface area contributed by atoms with Gasteiger partial charge in [-0.25, -0.2) is 0 Å². The second-order valence-electron chi connectivity index (χ2n) is 5.77. The average Bonchev–Trinajstić information content (AvgIpc) is 2.57. The lowest BCUT2D eigenvalue weighted by atomic mass is 10.0. The molecule has 1 aliphatic carbocycles. The fourth-order valence-electron chi connectivity index (χ4n) is 2.90. The van der Waals surface area contributed by atoms with Crippen LogP contribution < -0.4 is 4.90 Å². The highest BCUT2D eigenvalue weighted by molar-refractivity contribution is 8.01. The first-order chi connectivity index (χ1) is 10.7. The monoisotopic (exact) mass is 316 g/mol. The van der Waals surface area contributed by atoms with Crippen LogP contribution in [0.4, 0.5) is 5.69 Å². The summed E-state index contributed by atoms with van der Waals surface area (Å²) in [5.74, 6) is 0.122.